The van der Waals surface area contributed by atoms with E-state index in [4.69, 9.17) is 11.6 Å². The Morgan fingerprint density at radius 3 is 2.79 bits per heavy atom. The van der Waals surface area contributed by atoms with Gasteiger partial charge in [0.05, 0.1) is 17.0 Å². The van der Waals surface area contributed by atoms with Crippen molar-refractivity contribution >= 4 is 23.3 Å². The Morgan fingerprint density at radius 2 is 2.29 bits per heavy atom. The van der Waals surface area contributed by atoms with E-state index >= 15 is 0 Å². The van der Waals surface area contributed by atoms with Crippen LogP contribution >= 0.6 is 11.6 Å². The Bertz CT molecular complexity index is 357. The van der Waals surface area contributed by atoms with Gasteiger partial charge in [-0.15, -0.1) is 0 Å². The molecule has 1 aromatic rings. The van der Waals surface area contributed by atoms with E-state index in [9.17, 15) is 14.3 Å². The van der Waals surface area contributed by atoms with Crippen LogP contribution in [0.3, 0.4) is 0 Å². The van der Waals surface area contributed by atoms with E-state index in [0.29, 0.717) is 5.69 Å². The highest BCUT2D eigenvalue weighted by molar-refractivity contribution is 6.31. The number of carboxylic acid groups (broad SMARTS) is 1. The Labute approximate surface area is 85.5 Å². The number of hydrogen-bond acceptors (Lipinski definition) is 3. The number of carbonyl (C=O) groups is 1. The van der Waals surface area contributed by atoms with Gasteiger partial charge in [-0.25, -0.2) is 4.39 Å². The minimum atomic E-state index is -1.23. The third-order valence-corrected chi connectivity index (χ3v) is 1.95. The lowest BCUT2D eigenvalue weighted by molar-refractivity contribution is -0.306. The van der Waals surface area contributed by atoms with E-state index in [2.05, 4.69) is 5.32 Å². The SMILES string of the molecule is C[C@H](Nc1ccc(F)c(Cl)c1)C(=O)[O-]. The van der Waals surface area contributed by atoms with Crippen molar-refractivity contribution in [1.82, 2.24) is 0 Å². The highest BCUT2D eigenvalue weighted by Crippen LogP contribution is 2.19. The molecule has 0 saturated carbocycles. The van der Waals surface area contributed by atoms with Crippen LogP contribution in [0.4, 0.5) is 10.1 Å². The van der Waals surface area contributed by atoms with Crippen LogP contribution in [-0.2, 0) is 4.79 Å². The number of carboxylic acids is 1. The molecule has 3 nitrogen and oxygen atoms in total. The Hall–Kier alpha value is -1.29. The van der Waals surface area contributed by atoms with Gasteiger partial charge in [-0.3, -0.25) is 0 Å². The molecule has 76 valence electrons. The number of anilines is 1. The third-order valence-electron chi connectivity index (χ3n) is 1.66. The van der Waals surface area contributed by atoms with E-state index < -0.39 is 17.8 Å². The number of benzene rings is 1. The molecule has 0 heterocycles. The van der Waals surface area contributed by atoms with Crippen LogP contribution in [0.15, 0.2) is 18.2 Å². The molecule has 0 aliphatic rings. The first-order valence-electron chi connectivity index (χ1n) is 3.93. The van der Waals surface area contributed by atoms with Gasteiger partial charge in [-0.05, 0) is 25.1 Å². The van der Waals surface area contributed by atoms with Crippen LogP contribution in [0, 0.1) is 5.82 Å². The summed E-state index contributed by atoms with van der Waals surface area (Å²) < 4.78 is 12.7. The maximum atomic E-state index is 12.7. The van der Waals surface area contributed by atoms with Crippen molar-refractivity contribution in [2.75, 3.05) is 5.32 Å². The highest BCUT2D eigenvalue weighted by atomic mass is 35.5. The van der Waals surface area contributed by atoms with Crippen LogP contribution in [0.1, 0.15) is 6.92 Å². The van der Waals surface area contributed by atoms with E-state index in [-0.39, 0.29) is 5.02 Å². The van der Waals surface area contributed by atoms with Gasteiger partial charge < -0.3 is 15.2 Å². The molecule has 5 heteroatoms. The van der Waals surface area contributed by atoms with Crippen molar-refractivity contribution in [1.29, 1.82) is 0 Å². The standard InChI is InChI=1S/C9H9ClFNO2/c1-5(9(13)14)12-6-2-3-8(11)7(10)4-6/h2-5,12H,1H3,(H,13,14)/p-1/t5-/m0/s1. The summed E-state index contributed by atoms with van der Waals surface area (Å²) >= 11 is 5.50. The average Bonchev–Trinajstić information content (AvgIpc) is 2.11. The molecule has 0 saturated heterocycles. The molecular weight excluding hydrogens is 209 g/mol. The van der Waals surface area contributed by atoms with Gasteiger partial charge in [0.25, 0.3) is 0 Å². The smallest absolute Gasteiger partial charge is 0.141 e. The molecule has 0 aliphatic heterocycles. The number of hydrogen-bond donors (Lipinski definition) is 1. The van der Waals surface area contributed by atoms with Crippen LogP contribution in [0.25, 0.3) is 0 Å². The van der Waals surface area contributed by atoms with E-state index in [1.807, 2.05) is 0 Å². The normalized spacial score (nSPS) is 12.2. The summed E-state index contributed by atoms with van der Waals surface area (Å²) in [6, 6.07) is 3.03. The molecule has 0 bridgehead atoms. The largest absolute Gasteiger partial charge is 0.548 e. The summed E-state index contributed by atoms with van der Waals surface area (Å²) in [5.74, 6) is -1.77. The van der Waals surface area contributed by atoms with Crippen LogP contribution in [-0.4, -0.2) is 12.0 Å². The molecule has 1 rings (SSSR count). The predicted octanol–water partition coefficient (Wildman–Crippen LogP) is 1.03. The molecule has 1 atom stereocenters. The van der Waals surface area contributed by atoms with Crippen LogP contribution < -0.4 is 10.4 Å². The first-order chi connectivity index (χ1) is 6.50. The lowest BCUT2D eigenvalue weighted by atomic mass is 10.2. The Morgan fingerprint density at radius 1 is 1.64 bits per heavy atom. The average molecular weight is 217 g/mol. The number of carbonyl (C=O) groups excluding carboxylic acids is 1. The van der Waals surface area contributed by atoms with Crippen molar-refractivity contribution in [2.24, 2.45) is 0 Å². The van der Waals surface area contributed by atoms with E-state index in [1.54, 1.807) is 0 Å². The topological polar surface area (TPSA) is 52.2 Å². The molecule has 0 aromatic heterocycles. The van der Waals surface area contributed by atoms with Crippen LogP contribution in [0.5, 0.6) is 0 Å². The van der Waals surface area contributed by atoms with Gasteiger partial charge >= 0.3 is 0 Å². The minimum Gasteiger partial charge on any atom is -0.548 e. The fourth-order valence-electron chi connectivity index (χ4n) is 0.895. The van der Waals surface area contributed by atoms with Crippen molar-refractivity contribution in [2.45, 2.75) is 13.0 Å². The summed E-state index contributed by atoms with van der Waals surface area (Å²) in [5.41, 5.74) is 0.438. The van der Waals surface area contributed by atoms with Gasteiger partial charge in [-0.1, -0.05) is 11.6 Å². The molecule has 0 spiro atoms. The third kappa shape index (κ3) is 2.60. The predicted molar refractivity (Wildman–Crippen MR) is 49.5 cm³/mol. The van der Waals surface area contributed by atoms with Crippen LogP contribution in [0.2, 0.25) is 5.02 Å². The van der Waals surface area contributed by atoms with Gasteiger partial charge in [-0.2, -0.15) is 0 Å². The number of nitrogens with one attached hydrogen (secondary N) is 1. The zero-order valence-electron chi connectivity index (χ0n) is 7.38. The molecule has 0 unspecified atom stereocenters. The first-order valence-corrected chi connectivity index (χ1v) is 4.31. The molecule has 0 radical (unpaired) electrons. The second-order valence-corrected chi connectivity index (χ2v) is 3.22. The fourth-order valence-corrected chi connectivity index (χ4v) is 1.08. The maximum Gasteiger partial charge on any atom is 0.141 e. The van der Waals surface area contributed by atoms with Crippen molar-refractivity contribution in [3.8, 4) is 0 Å². The first kappa shape index (κ1) is 10.8. The molecule has 1 aromatic carbocycles. The monoisotopic (exact) mass is 216 g/mol. The molecule has 1 N–H and O–H groups in total. The number of rotatable bonds is 3. The van der Waals surface area contributed by atoms with Crippen molar-refractivity contribution < 1.29 is 14.3 Å². The van der Waals surface area contributed by atoms with E-state index in [0.717, 1.165) is 6.07 Å². The summed E-state index contributed by atoms with van der Waals surface area (Å²) in [5, 5.41) is 12.9. The van der Waals surface area contributed by atoms with E-state index in [1.165, 1.54) is 19.1 Å². The van der Waals surface area contributed by atoms with Gasteiger partial charge in [0.15, 0.2) is 0 Å². The summed E-state index contributed by atoms with van der Waals surface area (Å²) in [4.78, 5) is 10.4. The van der Waals surface area contributed by atoms with Crippen molar-refractivity contribution in [3.63, 3.8) is 0 Å². The lowest BCUT2D eigenvalue weighted by Gasteiger charge is -2.15. The summed E-state index contributed by atoms with van der Waals surface area (Å²) in [6.45, 7) is 1.42. The second-order valence-electron chi connectivity index (χ2n) is 2.81. The Balaban J connectivity index is 2.78. The lowest BCUT2D eigenvalue weighted by Crippen LogP contribution is -2.38. The number of halogens is 2. The van der Waals surface area contributed by atoms with Crippen molar-refractivity contribution in [3.05, 3.63) is 29.0 Å². The minimum absolute atomic E-state index is 0.0550. The Kier molecular flexibility index (Phi) is 3.30. The molecule has 0 amide bonds. The summed E-state index contributed by atoms with van der Waals surface area (Å²) in [7, 11) is 0. The second kappa shape index (κ2) is 4.28. The molecule has 0 aliphatic carbocycles. The van der Waals surface area contributed by atoms with Gasteiger partial charge in [0.1, 0.15) is 5.82 Å². The fraction of sp³-hybridized carbons (Fsp3) is 0.222. The molecule has 14 heavy (non-hydrogen) atoms. The van der Waals surface area contributed by atoms with Gasteiger partial charge in [0.2, 0.25) is 0 Å². The molecule has 0 fully saturated rings. The molecular formula is C9H8ClFNO2-. The van der Waals surface area contributed by atoms with Gasteiger partial charge in [0, 0.05) is 5.69 Å². The zero-order chi connectivity index (χ0) is 10.7. The number of aliphatic carboxylic acids is 1. The highest BCUT2D eigenvalue weighted by Gasteiger charge is 2.04. The quantitative estimate of drug-likeness (QED) is 0.821. The zero-order valence-corrected chi connectivity index (χ0v) is 8.14. The summed E-state index contributed by atoms with van der Waals surface area (Å²) in [6.07, 6.45) is 0. The maximum absolute atomic E-state index is 12.7.